The summed E-state index contributed by atoms with van der Waals surface area (Å²) in [6.07, 6.45) is 5.07. The number of rotatable bonds is 4. The van der Waals surface area contributed by atoms with Gasteiger partial charge in [-0.25, -0.2) is 4.98 Å². The molecule has 4 rings (SSSR count). The van der Waals surface area contributed by atoms with Crippen LogP contribution in [0.5, 0.6) is 5.75 Å². The van der Waals surface area contributed by atoms with Crippen LogP contribution in [0, 0.1) is 11.3 Å². The van der Waals surface area contributed by atoms with Crippen molar-refractivity contribution in [3.8, 4) is 23.2 Å². The first-order valence-corrected chi connectivity index (χ1v) is 9.65. The van der Waals surface area contributed by atoms with Gasteiger partial charge in [-0.3, -0.25) is 9.29 Å². The molecule has 2 aromatic heterocycles. The van der Waals surface area contributed by atoms with Crippen LogP contribution in [0.25, 0.3) is 22.3 Å². The second kappa shape index (κ2) is 7.78. The molecule has 150 valence electrons. The zero-order chi connectivity index (χ0) is 21.4. The van der Waals surface area contributed by atoms with Crippen molar-refractivity contribution in [2.75, 3.05) is 17.1 Å². The monoisotopic (exact) mass is 436 g/mol. The highest BCUT2D eigenvalue weighted by molar-refractivity contribution is 7.82. The van der Waals surface area contributed by atoms with Crippen molar-refractivity contribution >= 4 is 52.4 Å². The summed E-state index contributed by atoms with van der Waals surface area (Å²) in [5.41, 5.74) is 9.55. The molecule has 0 unspecified atom stereocenters. The second-order valence-electron chi connectivity index (χ2n) is 6.58. The van der Waals surface area contributed by atoms with Gasteiger partial charge in [0.1, 0.15) is 17.6 Å². The average Bonchev–Trinajstić information content (AvgIpc) is 3.17. The van der Waals surface area contributed by atoms with E-state index in [1.165, 1.54) is 13.3 Å². The Kier molecular flexibility index (Phi) is 5.16. The number of methoxy groups -OCH3 is 1. The summed E-state index contributed by atoms with van der Waals surface area (Å²) in [5.74, 6) is 1.27. The molecule has 9 heteroatoms. The number of benzene rings is 2. The van der Waals surface area contributed by atoms with Gasteiger partial charge < -0.3 is 15.0 Å². The van der Waals surface area contributed by atoms with Gasteiger partial charge >= 0.3 is 0 Å². The third kappa shape index (κ3) is 3.28. The Labute approximate surface area is 183 Å². The Morgan fingerprint density at radius 2 is 2.07 bits per heavy atom. The lowest BCUT2D eigenvalue weighted by atomic mass is 10.1. The highest BCUT2D eigenvalue weighted by atomic mass is 35.5. The third-order valence-electron chi connectivity index (χ3n) is 4.78. The summed E-state index contributed by atoms with van der Waals surface area (Å²) in [5, 5.41) is 10.8. The molecule has 0 bridgehead atoms. The van der Waals surface area contributed by atoms with Gasteiger partial charge in [0, 0.05) is 42.7 Å². The van der Waals surface area contributed by atoms with Crippen molar-refractivity contribution in [2.24, 2.45) is 7.05 Å². The number of halogens is 1. The van der Waals surface area contributed by atoms with Gasteiger partial charge in [0.25, 0.3) is 0 Å². The van der Waals surface area contributed by atoms with Gasteiger partial charge in [0.15, 0.2) is 0 Å². The lowest BCUT2D eigenvalue weighted by Crippen LogP contribution is -2.07. The molecule has 2 heterocycles. The molecule has 7 nitrogen and oxygen atoms in total. The van der Waals surface area contributed by atoms with E-state index in [1.54, 1.807) is 28.7 Å². The van der Waals surface area contributed by atoms with Crippen LogP contribution in [0.2, 0.25) is 5.02 Å². The van der Waals surface area contributed by atoms with Crippen molar-refractivity contribution < 1.29 is 4.74 Å². The predicted molar refractivity (Wildman–Crippen MR) is 122 cm³/mol. The van der Waals surface area contributed by atoms with Crippen molar-refractivity contribution in [3.63, 3.8) is 0 Å². The molecule has 0 aliphatic carbocycles. The predicted octanol–water partition coefficient (Wildman–Crippen LogP) is 4.73. The molecule has 2 aromatic carbocycles. The highest BCUT2D eigenvalue weighted by Gasteiger charge is 2.19. The summed E-state index contributed by atoms with van der Waals surface area (Å²) in [4.78, 5) is 8.70. The molecule has 30 heavy (non-hydrogen) atoms. The lowest BCUT2D eigenvalue weighted by Gasteiger charge is -2.22. The molecule has 0 spiro atoms. The summed E-state index contributed by atoms with van der Waals surface area (Å²) in [6.45, 7) is 0. The van der Waals surface area contributed by atoms with E-state index in [4.69, 9.17) is 22.1 Å². The summed E-state index contributed by atoms with van der Waals surface area (Å²) >= 11 is 11.2. The van der Waals surface area contributed by atoms with Crippen molar-refractivity contribution in [1.29, 1.82) is 5.26 Å². The van der Waals surface area contributed by atoms with E-state index >= 15 is 0 Å². The maximum atomic E-state index is 9.65. The number of thiol groups is 1. The van der Waals surface area contributed by atoms with Gasteiger partial charge in [-0.05, 0) is 24.3 Å². The van der Waals surface area contributed by atoms with Crippen molar-refractivity contribution in [1.82, 2.24) is 14.5 Å². The van der Waals surface area contributed by atoms with E-state index in [9.17, 15) is 5.26 Å². The number of aryl methyl sites for hydroxylation is 1. The van der Waals surface area contributed by atoms with Crippen LogP contribution < -0.4 is 14.8 Å². The number of nitriles is 1. The second-order valence-corrected chi connectivity index (χ2v) is 7.39. The van der Waals surface area contributed by atoms with Crippen LogP contribution in [0.4, 0.5) is 17.1 Å². The fourth-order valence-electron chi connectivity index (χ4n) is 3.28. The van der Waals surface area contributed by atoms with Gasteiger partial charge in [-0.2, -0.15) is 5.26 Å². The van der Waals surface area contributed by atoms with E-state index in [-0.39, 0.29) is 0 Å². The Hall–Kier alpha value is -3.41. The van der Waals surface area contributed by atoms with Crippen LogP contribution in [-0.4, -0.2) is 21.6 Å². The number of imidazole rings is 1. The number of pyridine rings is 1. The first kappa shape index (κ1) is 19.9. The number of aromatic nitrogens is 3. The maximum absolute atomic E-state index is 9.65. The Balaban J connectivity index is 1.86. The molecule has 0 radical (unpaired) electrons. The van der Waals surface area contributed by atoms with Crippen LogP contribution >= 0.6 is 24.4 Å². The number of hydrogen-bond donors (Lipinski definition) is 2. The van der Waals surface area contributed by atoms with E-state index in [0.29, 0.717) is 44.3 Å². The molecule has 4 aromatic rings. The normalized spacial score (nSPS) is 10.8. The molecule has 0 atom stereocenters. The fourth-order valence-corrected chi connectivity index (χ4v) is 3.88. The minimum absolute atomic E-state index is 0.353. The van der Waals surface area contributed by atoms with Gasteiger partial charge in [0.05, 0.1) is 40.3 Å². The van der Waals surface area contributed by atoms with E-state index in [0.717, 1.165) is 11.4 Å². The molecule has 2 N–H and O–H groups in total. The van der Waals surface area contributed by atoms with Crippen LogP contribution in [0.1, 0.15) is 5.56 Å². The minimum atomic E-state index is 0.353. The third-order valence-corrected chi connectivity index (χ3v) is 5.53. The van der Waals surface area contributed by atoms with E-state index < -0.39 is 0 Å². The fraction of sp³-hybridized carbons (Fsp3) is 0.0952. The summed E-state index contributed by atoms with van der Waals surface area (Å²) in [6, 6.07) is 11.1. The van der Waals surface area contributed by atoms with Gasteiger partial charge in [-0.15, -0.1) is 0 Å². The summed E-state index contributed by atoms with van der Waals surface area (Å²) < 4.78 is 8.77. The zero-order valence-corrected chi connectivity index (χ0v) is 17.8. The largest absolute Gasteiger partial charge is 0.495 e. The molecule has 0 aliphatic rings. The standard InChI is InChI=1S/C21H17ClN6OS/c1-27-6-5-25-21(27)14-4-3-13(7-16(14)22)28(30)20-12(10-23)11-26-18-9-19(29-2)17(24)8-15(18)20/h3-9,11,30H,24H2,1-2H3. The number of nitrogens with zero attached hydrogens (tertiary/aromatic N) is 5. The van der Waals surface area contributed by atoms with E-state index in [1.807, 2.05) is 29.9 Å². The number of fused-ring (bicyclic) bond motifs is 1. The highest BCUT2D eigenvalue weighted by Crippen LogP contribution is 2.40. The minimum Gasteiger partial charge on any atom is -0.495 e. The number of anilines is 3. The molecule has 0 saturated carbocycles. The molecule has 0 saturated heterocycles. The Morgan fingerprint density at radius 3 is 2.70 bits per heavy atom. The van der Waals surface area contributed by atoms with Crippen LogP contribution in [0.15, 0.2) is 48.9 Å². The Bertz CT molecular complexity index is 1310. The number of hydrogen-bond acceptors (Lipinski definition) is 7. The van der Waals surface area contributed by atoms with Crippen molar-refractivity contribution in [2.45, 2.75) is 0 Å². The maximum Gasteiger partial charge on any atom is 0.143 e. The van der Waals surface area contributed by atoms with Crippen LogP contribution in [0.3, 0.4) is 0 Å². The Morgan fingerprint density at radius 1 is 1.27 bits per heavy atom. The molecule has 0 aliphatic heterocycles. The number of nitrogens with two attached hydrogens (primary N) is 1. The SMILES string of the molecule is COc1cc2ncc(C#N)c(N(S)c3ccc(-c4nccn4C)c(Cl)c3)c2cc1N. The molecule has 0 amide bonds. The first-order valence-electron chi connectivity index (χ1n) is 8.87. The van der Waals surface area contributed by atoms with Crippen LogP contribution in [-0.2, 0) is 7.05 Å². The van der Waals surface area contributed by atoms with Crippen molar-refractivity contribution in [3.05, 3.63) is 59.5 Å². The van der Waals surface area contributed by atoms with E-state index in [2.05, 4.69) is 28.9 Å². The molecular weight excluding hydrogens is 420 g/mol. The van der Waals surface area contributed by atoms with Gasteiger partial charge in [-0.1, -0.05) is 24.4 Å². The molecular formula is C21H17ClN6OS. The number of nitrogen functional groups attached to an aromatic ring is 1. The molecule has 0 fully saturated rings. The zero-order valence-electron chi connectivity index (χ0n) is 16.2. The smallest absolute Gasteiger partial charge is 0.143 e. The first-order chi connectivity index (χ1) is 14.4. The topological polar surface area (TPSA) is 93.0 Å². The lowest BCUT2D eigenvalue weighted by molar-refractivity contribution is 0.417. The number of ether oxygens (including phenoxy) is 1. The summed E-state index contributed by atoms with van der Waals surface area (Å²) in [7, 11) is 3.44. The quantitative estimate of drug-likeness (QED) is 0.354. The van der Waals surface area contributed by atoms with Gasteiger partial charge in [0.2, 0.25) is 0 Å². The average molecular weight is 437 g/mol.